The minimum Gasteiger partial charge on any atom is -0.508 e. The Hall–Kier alpha value is -4.04. The molecule has 2 heterocycles. The van der Waals surface area contributed by atoms with Crippen molar-refractivity contribution in [3.63, 3.8) is 0 Å². The van der Waals surface area contributed by atoms with Crippen LogP contribution in [0.5, 0.6) is 17.2 Å². The summed E-state index contributed by atoms with van der Waals surface area (Å²) in [6.07, 6.45) is 2.28. The van der Waals surface area contributed by atoms with Crippen molar-refractivity contribution in [3.05, 3.63) is 94.4 Å². The van der Waals surface area contributed by atoms with Crippen LogP contribution in [-0.2, 0) is 4.79 Å². The lowest BCUT2D eigenvalue weighted by atomic mass is 9.98. The van der Waals surface area contributed by atoms with Crippen molar-refractivity contribution in [1.29, 1.82) is 0 Å². The highest BCUT2D eigenvalue weighted by atomic mass is 32.2. The standard InChI is InChI=1S/C27H23N3O4S/c1-2-34-24-14-17(12-13-23(24)32)15-25-26(33)28-27(35-25)30-21(19-10-6-7-11-22(19)31)16-20(29-30)18-8-4-3-5-9-18/h3-15,21,31-32H,2,16H2,1H3/b25-15-. The first kappa shape index (κ1) is 22.7. The van der Waals surface area contributed by atoms with Gasteiger partial charge in [-0.05, 0) is 54.1 Å². The Balaban J connectivity index is 1.47. The summed E-state index contributed by atoms with van der Waals surface area (Å²) in [5.74, 6) is 0.206. The summed E-state index contributed by atoms with van der Waals surface area (Å²) in [6, 6.07) is 21.6. The Morgan fingerprint density at radius 1 is 1.06 bits per heavy atom. The first-order valence-electron chi connectivity index (χ1n) is 11.2. The number of aliphatic imine (C=N–C) groups is 1. The van der Waals surface area contributed by atoms with E-state index in [9.17, 15) is 15.0 Å². The molecule has 1 unspecified atom stereocenters. The van der Waals surface area contributed by atoms with Gasteiger partial charge in [0.1, 0.15) is 5.75 Å². The van der Waals surface area contributed by atoms with Crippen molar-refractivity contribution >= 4 is 34.6 Å². The van der Waals surface area contributed by atoms with Gasteiger partial charge in [0, 0.05) is 12.0 Å². The average Bonchev–Trinajstić information content (AvgIpc) is 3.46. The van der Waals surface area contributed by atoms with E-state index in [1.54, 1.807) is 35.4 Å². The van der Waals surface area contributed by atoms with E-state index < -0.39 is 0 Å². The van der Waals surface area contributed by atoms with Crippen LogP contribution in [0.4, 0.5) is 0 Å². The molecule has 3 aromatic carbocycles. The lowest BCUT2D eigenvalue weighted by molar-refractivity contribution is -0.113. The lowest BCUT2D eigenvalue weighted by Gasteiger charge is -2.23. The van der Waals surface area contributed by atoms with Crippen molar-refractivity contribution in [2.45, 2.75) is 19.4 Å². The molecule has 2 aliphatic heterocycles. The average molecular weight is 486 g/mol. The predicted octanol–water partition coefficient (Wildman–Crippen LogP) is 5.32. The van der Waals surface area contributed by atoms with Crippen molar-refractivity contribution in [3.8, 4) is 17.2 Å². The molecule has 7 nitrogen and oxygen atoms in total. The van der Waals surface area contributed by atoms with E-state index >= 15 is 0 Å². The van der Waals surface area contributed by atoms with Crippen molar-refractivity contribution in [2.24, 2.45) is 10.1 Å². The maximum absolute atomic E-state index is 12.8. The van der Waals surface area contributed by atoms with E-state index in [1.807, 2.05) is 49.4 Å². The first-order chi connectivity index (χ1) is 17.0. The number of hydrogen-bond donors (Lipinski definition) is 2. The highest BCUT2D eigenvalue weighted by Crippen LogP contribution is 2.42. The number of aromatic hydroxyl groups is 2. The van der Waals surface area contributed by atoms with Crippen LogP contribution < -0.4 is 4.74 Å². The fourth-order valence-corrected chi connectivity index (χ4v) is 4.96. The number of benzene rings is 3. The topological polar surface area (TPSA) is 94.7 Å². The summed E-state index contributed by atoms with van der Waals surface area (Å²) < 4.78 is 5.45. The minimum atomic E-state index is -0.365. The quantitative estimate of drug-likeness (QED) is 0.475. The molecule has 0 spiro atoms. The zero-order chi connectivity index (χ0) is 24.4. The number of amides is 1. The van der Waals surface area contributed by atoms with Crippen LogP contribution in [0.2, 0.25) is 0 Å². The molecule has 0 aliphatic carbocycles. The Morgan fingerprint density at radius 2 is 1.83 bits per heavy atom. The number of phenols is 2. The molecule has 0 radical (unpaired) electrons. The van der Waals surface area contributed by atoms with Gasteiger partial charge in [-0.25, -0.2) is 5.01 Å². The zero-order valence-corrected chi connectivity index (χ0v) is 19.8. The molecule has 0 fully saturated rings. The molecular formula is C27H23N3O4S. The number of thioether (sulfide) groups is 1. The molecule has 2 aliphatic rings. The Labute approximate surface area is 207 Å². The molecular weight excluding hydrogens is 462 g/mol. The number of para-hydroxylation sites is 1. The highest BCUT2D eigenvalue weighted by molar-refractivity contribution is 8.18. The molecule has 5 rings (SSSR count). The first-order valence-corrected chi connectivity index (χ1v) is 12.0. The number of phenolic OH excluding ortho intramolecular Hbond substituents is 2. The molecule has 8 heteroatoms. The van der Waals surface area contributed by atoms with Gasteiger partial charge < -0.3 is 14.9 Å². The molecule has 1 amide bonds. The molecule has 0 saturated heterocycles. The van der Waals surface area contributed by atoms with E-state index in [2.05, 4.69) is 4.99 Å². The fraction of sp³-hybridized carbons (Fsp3) is 0.148. The van der Waals surface area contributed by atoms with E-state index in [0.717, 1.165) is 16.8 Å². The normalized spacial score (nSPS) is 18.7. The van der Waals surface area contributed by atoms with Crippen LogP contribution in [0.3, 0.4) is 0 Å². The third kappa shape index (κ3) is 4.65. The van der Waals surface area contributed by atoms with Gasteiger partial charge in [0.05, 0.1) is 23.3 Å². The number of carbonyl (C=O) groups is 1. The molecule has 176 valence electrons. The van der Waals surface area contributed by atoms with Gasteiger partial charge in [0.15, 0.2) is 16.7 Å². The summed E-state index contributed by atoms with van der Waals surface area (Å²) in [6.45, 7) is 2.25. The van der Waals surface area contributed by atoms with Crippen LogP contribution in [0, 0.1) is 0 Å². The monoisotopic (exact) mass is 485 g/mol. The Kier molecular flexibility index (Phi) is 6.29. The van der Waals surface area contributed by atoms with Crippen LogP contribution >= 0.6 is 11.8 Å². The van der Waals surface area contributed by atoms with E-state index in [0.29, 0.717) is 34.4 Å². The summed E-state index contributed by atoms with van der Waals surface area (Å²) in [5, 5.41) is 27.5. The summed E-state index contributed by atoms with van der Waals surface area (Å²) >= 11 is 1.23. The van der Waals surface area contributed by atoms with Gasteiger partial charge >= 0.3 is 0 Å². The largest absolute Gasteiger partial charge is 0.508 e. The van der Waals surface area contributed by atoms with Crippen molar-refractivity contribution in [1.82, 2.24) is 5.01 Å². The van der Waals surface area contributed by atoms with Gasteiger partial charge in [-0.3, -0.25) is 4.79 Å². The number of nitrogens with zero attached hydrogens (tertiary/aromatic N) is 3. The predicted molar refractivity (Wildman–Crippen MR) is 138 cm³/mol. The van der Waals surface area contributed by atoms with Gasteiger partial charge in [-0.15, -0.1) is 0 Å². The number of amidine groups is 1. The molecule has 35 heavy (non-hydrogen) atoms. The fourth-order valence-electron chi connectivity index (χ4n) is 4.04. The second kappa shape index (κ2) is 9.68. The van der Waals surface area contributed by atoms with Crippen molar-refractivity contribution in [2.75, 3.05) is 6.61 Å². The molecule has 3 aromatic rings. The van der Waals surface area contributed by atoms with Crippen molar-refractivity contribution < 1.29 is 19.7 Å². The molecule has 1 atom stereocenters. The SMILES string of the molecule is CCOc1cc(/C=C2\SC(N3N=C(c4ccccc4)CC3c3ccccc3O)=NC2=O)ccc1O. The van der Waals surface area contributed by atoms with Gasteiger partial charge in [-0.1, -0.05) is 54.6 Å². The molecule has 2 N–H and O–H groups in total. The number of ether oxygens (including phenoxy) is 1. The van der Waals surface area contributed by atoms with Crippen LogP contribution in [0.25, 0.3) is 6.08 Å². The number of carbonyl (C=O) groups excluding carboxylic acids is 1. The van der Waals surface area contributed by atoms with Crippen LogP contribution in [0.15, 0.2) is 87.8 Å². The Morgan fingerprint density at radius 3 is 2.60 bits per heavy atom. The van der Waals surface area contributed by atoms with Gasteiger partial charge in [0.25, 0.3) is 5.91 Å². The number of hydrazone groups is 1. The third-order valence-corrected chi connectivity index (χ3v) is 6.67. The van der Waals surface area contributed by atoms with E-state index in [-0.39, 0.29) is 23.4 Å². The maximum Gasteiger partial charge on any atom is 0.286 e. The third-order valence-electron chi connectivity index (χ3n) is 5.70. The molecule has 0 bridgehead atoms. The Bertz CT molecular complexity index is 1370. The summed E-state index contributed by atoms with van der Waals surface area (Å²) in [7, 11) is 0. The lowest BCUT2D eigenvalue weighted by Crippen LogP contribution is -2.23. The molecule has 0 aromatic heterocycles. The minimum absolute atomic E-state index is 0.0432. The number of rotatable bonds is 5. The smallest absolute Gasteiger partial charge is 0.286 e. The van der Waals surface area contributed by atoms with Crippen LogP contribution in [0.1, 0.15) is 36.1 Å². The number of hydrogen-bond acceptors (Lipinski definition) is 7. The van der Waals surface area contributed by atoms with Gasteiger partial charge in [0.2, 0.25) is 0 Å². The highest BCUT2D eigenvalue weighted by Gasteiger charge is 2.37. The summed E-state index contributed by atoms with van der Waals surface area (Å²) in [5.41, 5.74) is 3.27. The summed E-state index contributed by atoms with van der Waals surface area (Å²) in [4.78, 5) is 17.5. The maximum atomic E-state index is 12.8. The second-order valence-corrected chi connectivity index (χ2v) is 9.02. The molecule has 0 saturated carbocycles. The van der Waals surface area contributed by atoms with Gasteiger partial charge in [-0.2, -0.15) is 10.1 Å². The van der Waals surface area contributed by atoms with E-state index in [1.165, 1.54) is 17.8 Å². The second-order valence-electron chi connectivity index (χ2n) is 8.01. The zero-order valence-electron chi connectivity index (χ0n) is 19.0. The van der Waals surface area contributed by atoms with Crippen LogP contribution in [-0.4, -0.2) is 38.6 Å². The van der Waals surface area contributed by atoms with E-state index in [4.69, 9.17) is 9.84 Å².